The van der Waals surface area contributed by atoms with Crippen molar-refractivity contribution in [3.05, 3.63) is 47.0 Å². The molecule has 0 aromatic heterocycles. The van der Waals surface area contributed by atoms with Gasteiger partial charge in [-0.25, -0.2) is 0 Å². The fourth-order valence-corrected chi connectivity index (χ4v) is 3.37. The number of benzene rings is 1. The molecule has 1 aromatic carbocycles. The highest BCUT2D eigenvalue weighted by atomic mass is 16.2. The van der Waals surface area contributed by atoms with E-state index in [9.17, 15) is 4.79 Å². The van der Waals surface area contributed by atoms with Gasteiger partial charge < -0.3 is 25.3 Å². The molecule has 2 aliphatic rings. The van der Waals surface area contributed by atoms with Crippen LogP contribution in [0.25, 0.3) is 0 Å². The van der Waals surface area contributed by atoms with E-state index in [1.54, 1.807) is 25.4 Å². The number of likely N-dealkylation sites (tertiary alicyclic amines) is 1. The number of piperazine rings is 1. The Hall–Kier alpha value is -3.40. The van der Waals surface area contributed by atoms with Crippen molar-refractivity contribution in [1.29, 1.82) is 0 Å². The molecule has 2 heterocycles. The van der Waals surface area contributed by atoms with Crippen LogP contribution in [-0.2, 0) is 9.59 Å². The van der Waals surface area contributed by atoms with Gasteiger partial charge in [0, 0.05) is 57.4 Å². The van der Waals surface area contributed by atoms with Gasteiger partial charge in [0.05, 0.1) is 7.05 Å². The van der Waals surface area contributed by atoms with Gasteiger partial charge >= 0.3 is 0 Å². The standard InChI is InChI=1S/C16H21N5O.C6H13N.CH3NO.CH2O/c1-14(22)20-9-11-21(12-10-20)16-5-3-15(4-6-16)13-18-7-2-8-19-17;1-7-5-3-2-4-6-7;1-2-3;1-2/h2-8,13H,9-12,17H2,1H3;2-6H2,1H3;1H3;1H2/b7-2-,18-13?,19-8-;;;. The highest BCUT2D eigenvalue weighted by molar-refractivity contribution is 5.81. The van der Waals surface area contributed by atoms with Gasteiger partial charge in [-0.3, -0.25) is 9.79 Å². The van der Waals surface area contributed by atoms with Gasteiger partial charge in [-0.15, -0.1) is 0 Å². The maximum Gasteiger partial charge on any atom is 0.219 e. The Kier molecular flexibility index (Phi) is 18.2. The summed E-state index contributed by atoms with van der Waals surface area (Å²) in [6, 6.07) is 8.22. The highest BCUT2D eigenvalue weighted by Crippen LogP contribution is 2.17. The van der Waals surface area contributed by atoms with Crippen LogP contribution in [0.4, 0.5) is 5.69 Å². The number of nitrogens with two attached hydrogens (primary N) is 1. The van der Waals surface area contributed by atoms with Gasteiger partial charge in [-0.2, -0.15) is 10.0 Å². The van der Waals surface area contributed by atoms with Crippen molar-refractivity contribution in [3.63, 3.8) is 0 Å². The average Bonchev–Trinajstić information content (AvgIpc) is 2.87. The molecule has 2 N–H and O–H groups in total. The second kappa shape index (κ2) is 20.2. The lowest BCUT2D eigenvalue weighted by molar-refractivity contribution is -0.129. The molecule has 0 atom stereocenters. The Labute approximate surface area is 203 Å². The number of nitroso groups, excluding NO2 is 1. The third-order valence-corrected chi connectivity index (χ3v) is 5.13. The second-order valence-electron chi connectivity index (χ2n) is 7.55. The van der Waals surface area contributed by atoms with E-state index >= 15 is 0 Å². The zero-order valence-corrected chi connectivity index (χ0v) is 20.7. The van der Waals surface area contributed by atoms with Crippen LogP contribution in [0.3, 0.4) is 0 Å². The molecule has 1 aromatic rings. The number of hydrogen-bond donors (Lipinski definition) is 1. The maximum absolute atomic E-state index is 11.3. The predicted octanol–water partition coefficient (Wildman–Crippen LogP) is 2.53. The van der Waals surface area contributed by atoms with Crippen molar-refractivity contribution >= 4 is 30.8 Å². The van der Waals surface area contributed by atoms with Gasteiger partial charge in [0.25, 0.3) is 0 Å². The molecule has 0 unspecified atom stereocenters. The van der Waals surface area contributed by atoms with Crippen LogP contribution in [0.5, 0.6) is 0 Å². The van der Waals surface area contributed by atoms with Crippen LogP contribution >= 0.6 is 0 Å². The summed E-state index contributed by atoms with van der Waals surface area (Å²) in [6.07, 6.45) is 10.8. The quantitative estimate of drug-likeness (QED) is 0.310. The second-order valence-corrected chi connectivity index (χ2v) is 7.55. The molecule has 1 amide bonds. The summed E-state index contributed by atoms with van der Waals surface area (Å²) in [5.41, 5.74) is 2.20. The molecule has 0 spiro atoms. The topological polar surface area (TPSA) is 124 Å². The Balaban J connectivity index is 0.000000750. The maximum atomic E-state index is 11.3. The fraction of sp³-hybridized carbons (Fsp3) is 0.500. The van der Waals surface area contributed by atoms with E-state index < -0.39 is 0 Å². The van der Waals surface area contributed by atoms with Crippen LogP contribution in [0.1, 0.15) is 31.7 Å². The molecular formula is C24H39N7O3. The molecule has 2 fully saturated rings. The summed E-state index contributed by atoms with van der Waals surface area (Å²) in [5.74, 6) is 5.13. The van der Waals surface area contributed by atoms with E-state index in [0.29, 0.717) is 0 Å². The van der Waals surface area contributed by atoms with E-state index in [0.717, 1.165) is 31.7 Å². The molecule has 0 bridgehead atoms. The van der Waals surface area contributed by atoms with E-state index in [1.165, 1.54) is 51.3 Å². The molecule has 3 rings (SSSR count). The molecule has 0 saturated carbocycles. The minimum Gasteiger partial charge on any atom is -0.368 e. The molecule has 34 heavy (non-hydrogen) atoms. The summed E-state index contributed by atoms with van der Waals surface area (Å²) >= 11 is 0. The number of carbonyl (C=O) groups is 2. The van der Waals surface area contributed by atoms with Gasteiger partial charge in [0.1, 0.15) is 6.79 Å². The number of anilines is 1. The molecule has 2 saturated heterocycles. The molecule has 2 aliphatic heterocycles. The Morgan fingerprint density at radius 2 is 1.56 bits per heavy atom. The molecule has 10 nitrogen and oxygen atoms in total. The van der Waals surface area contributed by atoms with Gasteiger partial charge in [0.2, 0.25) is 5.91 Å². The third kappa shape index (κ3) is 13.9. The minimum atomic E-state index is 0.152. The number of rotatable bonds is 4. The summed E-state index contributed by atoms with van der Waals surface area (Å²) in [7, 11) is 3.39. The SMILES string of the molecule is C=O.CC(=O)N1CCN(c2ccc(C=N/C=C\C=N/N)cc2)CC1.CN1CCCCC1.CN=O. The highest BCUT2D eigenvalue weighted by Gasteiger charge is 2.18. The first kappa shape index (κ1) is 30.6. The first-order valence-corrected chi connectivity index (χ1v) is 11.2. The van der Waals surface area contributed by atoms with Crippen molar-refractivity contribution < 1.29 is 9.59 Å². The van der Waals surface area contributed by atoms with Crippen LogP contribution in [0.2, 0.25) is 0 Å². The van der Waals surface area contributed by atoms with Crippen LogP contribution in [0.15, 0.2) is 51.8 Å². The van der Waals surface area contributed by atoms with Crippen molar-refractivity contribution in [2.24, 2.45) is 21.1 Å². The van der Waals surface area contributed by atoms with Crippen molar-refractivity contribution in [2.45, 2.75) is 26.2 Å². The first-order valence-electron chi connectivity index (χ1n) is 11.2. The Morgan fingerprint density at radius 1 is 1.00 bits per heavy atom. The average molecular weight is 474 g/mol. The number of aliphatic imine (C=N–C) groups is 1. The normalized spacial score (nSPS) is 16.2. The first-order chi connectivity index (χ1) is 16.5. The molecule has 0 aliphatic carbocycles. The number of piperidine rings is 1. The number of nitrogens with zero attached hydrogens (tertiary/aromatic N) is 6. The molecular weight excluding hydrogens is 434 g/mol. The smallest absolute Gasteiger partial charge is 0.219 e. The van der Waals surface area contributed by atoms with E-state index in [-0.39, 0.29) is 5.91 Å². The lowest BCUT2D eigenvalue weighted by atomic mass is 10.1. The third-order valence-electron chi connectivity index (χ3n) is 5.13. The zero-order chi connectivity index (χ0) is 25.6. The molecule has 10 heteroatoms. The minimum absolute atomic E-state index is 0.152. The summed E-state index contributed by atoms with van der Waals surface area (Å²) in [4.78, 5) is 38.6. The van der Waals surface area contributed by atoms with E-state index in [1.807, 2.05) is 23.8 Å². The number of carbonyl (C=O) groups excluding carboxylic acids is 2. The fourth-order valence-electron chi connectivity index (χ4n) is 3.37. The summed E-state index contributed by atoms with van der Waals surface area (Å²) in [6.45, 7) is 9.57. The van der Waals surface area contributed by atoms with Crippen molar-refractivity contribution in [2.75, 3.05) is 58.3 Å². The number of hydrogen-bond acceptors (Lipinski definition) is 9. The molecule has 0 radical (unpaired) electrons. The lowest BCUT2D eigenvalue weighted by Gasteiger charge is -2.35. The van der Waals surface area contributed by atoms with Gasteiger partial charge in [0.15, 0.2) is 0 Å². The van der Waals surface area contributed by atoms with Crippen LogP contribution in [0, 0.1) is 4.91 Å². The van der Waals surface area contributed by atoms with Crippen molar-refractivity contribution in [1.82, 2.24) is 9.80 Å². The largest absolute Gasteiger partial charge is 0.368 e. The summed E-state index contributed by atoms with van der Waals surface area (Å²) in [5, 5.41) is 5.59. The van der Waals surface area contributed by atoms with E-state index in [4.69, 9.17) is 15.5 Å². The number of hydrazone groups is 1. The number of allylic oxidation sites excluding steroid dienone is 1. The van der Waals surface area contributed by atoms with Gasteiger partial charge in [-0.05, 0) is 56.8 Å². The Bertz CT molecular complexity index is 752. The van der Waals surface area contributed by atoms with Crippen LogP contribution < -0.4 is 10.7 Å². The monoisotopic (exact) mass is 473 g/mol. The summed E-state index contributed by atoms with van der Waals surface area (Å²) < 4.78 is 0. The zero-order valence-electron chi connectivity index (χ0n) is 20.7. The number of amides is 1. The predicted molar refractivity (Wildman–Crippen MR) is 141 cm³/mol. The Morgan fingerprint density at radius 3 is 2.00 bits per heavy atom. The molecule has 188 valence electrons. The van der Waals surface area contributed by atoms with Crippen LogP contribution in [-0.4, -0.2) is 88.3 Å². The van der Waals surface area contributed by atoms with Crippen molar-refractivity contribution in [3.8, 4) is 0 Å². The van der Waals surface area contributed by atoms with Gasteiger partial charge in [-0.1, -0.05) is 23.7 Å². The van der Waals surface area contributed by atoms with E-state index in [2.05, 4.69) is 44.3 Å². The lowest BCUT2D eigenvalue weighted by Crippen LogP contribution is -2.48.